The molecule has 3 nitrogen and oxygen atoms in total. The predicted molar refractivity (Wildman–Crippen MR) is 222 cm³/mol. The molecule has 6 aromatic carbocycles. The molecule has 0 saturated heterocycles. The van der Waals surface area contributed by atoms with Crippen molar-refractivity contribution in [1.82, 2.24) is 0 Å². The second kappa shape index (κ2) is 10.3. The lowest BCUT2D eigenvalue weighted by atomic mass is 9.88. The summed E-state index contributed by atoms with van der Waals surface area (Å²) in [5, 5.41) is 11.4. The lowest BCUT2D eigenvalue weighted by Crippen LogP contribution is -2.72. The first-order valence-corrected chi connectivity index (χ1v) is 22.5. The van der Waals surface area contributed by atoms with Crippen LogP contribution in [-0.2, 0) is 12.1 Å². The van der Waals surface area contributed by atoms with Gasteiger partial charge in [0.15, 0.2) is 12.4 Å². The molecule has 0 fully saturated rings. The van der Waals surface area contributed by atoms with Gasteiger partial charge in [-0.2, -0.15) is 0 Å². The predicted octanol–water partition coefficient (Wildman–Crippen LogP) is 11.0. The molecule has 1 spiro atoms. The maximum Gasteiger partial charge on any atom is 0.417 e. The Kier molecular flexibility index (Phi) is 6.02. The molecule has 2 aliphatic heterocycles. The van der Waals surface area contributed by atoms with Gasteiger partial charge in [-0.25, -0.2) is 0 Å². The molecule has 0 bridgehead atoms. The molecule has 0 aliphatic carbocycles. The maximum absolute atomic E-state index is 7.20. The fraction of sp³-hybridized carbons (Fsp3) is 0.184. The van der Waals surface area contributed by atoms with Crippen molar-refractivity contribution in [2.45, 2.75) is 52.5 Å². The number of benzene rings is 6. The summed E-state index contributed by atoms with van der Waals surface area (Å²) in [7, 11) is -1.64. The van der Waals surface area contributed by atoms with Gasteiger partial charge in [0.2, 0.25) is 11.4 Å². The lowest BCUT2D eigenvalue weighted by Gasteiger charge is -2.20. The Morgan fingerprint density at radius 1 is 0.585 bits per heavy atom. The zero-order valence-electron chi connectivity index (χ0n) is 31.2. The molecule has 1 unspecified atom stereocenters. The van der Waals surface area contributed by atoms with E-state index >= 15 is 0 Å². The van der Waals surface area contributed by atoms with E-state index in [0.717, 1.165) is 28.4 Å². The second-order valence-corrected chi connectivity index (χ2v) is 22.7. The molecule has 5 heterocycles. The van der Waals surface area contributed by atoms with E-state index < -0.39 is 13.7 Å². The zero-order valence-corrected chi connectivity index (χ0v) is 32.2. The van der Waals surface area contributed by atoms with Crippen molar-refractivity contribution in [2.24, 2.45) is 5.41 Å². The van der Waals surface area contributed by atoms with Gasteiger partial charge in [-0.1, -0.05) is 107 Å². The van der Waals surface area contributed by atoms with Crippen molar-refractivity contribution in [2.75, 3.05) is 0 Å². The van der Waals surface area contributed by atoms with E-state index in [0.29, 0.717) is 0 Å². The van der Waals surface area contributed by atoms with Crippen LogP contribution in [0.2, 0.25) is 19.6 Å². The van der Waals surface area contributed by atoms with E-state index in [1.807, 2.05) is 0 Å². The summed E-state index contributed by atoms with van der Waals surface area (Å²) >= 11 is 0. The molecule has 0 radical (unpaired) electrons. The van der Waals surface area contributed by atoms with E-state index in [-0.39, 0.29) is 5.41 Å². The van der Waals surface area contributed by atoms with E-state index in [2.05, 4.69) is 183 Å². The van der Waals surface area contributed by atoms with Crippen LogP contribution in [0.3, 0.4) is 0 Å². The summed E-state index contributed by atoms with van der Waals surface area (Å²) in [6.45, 7) is 14.3. The first kappa shape index (κ1) is 31.0. The average molecular weight is 703 g/mol. The SMILES string of the molecule is CC(C)(C)Cc1cc[n+]2c(c1)-c1c(ccc3c1oc1cc4c5ccccc5c5ccccc5c4cc13)C21c2ccccc2-c2ccc([Si](C)(C)C)c[n+]21. The molecule has 11 rings (SSSR count). The Balaban J connectivity index is 1.29. The van der Waals surface area contributed by atoms with Crippen molar-refractivity contribution in [3.8, 4) is 22.5 Å². The van der Waals surface area contributed by atoms with Crippen molar-refractivity contribution < 1.29 is 13.6 Å². The standard InChI is InChI=1S/C49H42N2OSi/c1-48(2,3)28-30-23-24-50-44(25-30)46-42(49(50)41-18-12-11-17-37(41)43-22-19-31(29-51(43)49)53(4,5)6)21-20-36-40-26-38-34-15-9-7-13-32(34)33-14-8-10-16-35(33)39(38)27-45(40)52-47(36)46/h7-27,29H,28H2,1-6H3/q+2. The quantitative estimate of drug-likeness (QED) is 0.0998. The van der Waals surface area contributed by atoms with Gasteiger partial charge in [0.25, 0.3) is 0 Å². The Morgan fingerprint density at radius 3 is 1.94 bits per heavy atom. The highest BCUT2D eigenvalue weighted by atomic mass is 28.3. The van der Waals surface area contributed by atoms with Crippen LogP contribution in [0.15, 0.2) is 138 Å². The fourth-order valence-electron chi connectivity index (χ4n) is 9.74. The first-order valence-electron chi connectivity index (χ1n) is 19.0. The van der Waals surface area contributed by atoms with Crippen LogP contribution < -0.4 is 14.3 Å². The summed E-state index contributed by atoms with van der Waals surface area (Å²) in [6, 6.07) is 45.7. The Labute approximate surface area is 310 Å². The maximum atomic E-state index is 7.20. The number of hydrogen-bond donors (Lipinski definition) is 0. The van der Waals surface area contributed by atoms with E-state index in [1.54, 1.807) is 0 Å². The van der Waals surface area contributed by atoms with Gasteiger partial charge in [0, 0.05) is 34.2 Å². The molecule has 0 saturated carbocycles. The van der Waals surface area contributed by atoms with Crippen molar-refractivity contribution in [1.29, 1.82) is 0 Å². The fourth-order valence-corrected chi connectivity index (χ4v) is 10.8. The van der Waals surface area contributed by atoms with Crippen LogP contribution in [0.5, 0.6) is 0 Å². The number of pyridine rings is 2. The van der Waals surface area contributed by atoms with Gasteiger partial charge in [-0.15, -0.1) is 9.13 Å². The van der Waals surface area contributed by atoms with E-state index in [4.69, 9.17) is 4.42 Å². The summed E-state index contributed by atoms with van der Waals surface area (Å²) in [4.78, 5) is 0. The van der Waals surface area contributed by atoms with Gasteiger partial charge < -0.3 is 4.42 Å². The summed E-state index contributed by atoms with van der Waals surface area (Å²) in [5.74, 6) is 0. The molecule has 3 aromatic heterocycles. The van der Waals surface area contributed by atoms with Gasteiger partial charge in [-0.05, 0) is 86.1 Å². The summed E-state index contributed by atoms with van der Waals surface area (Å²) in [5.41, 5.74) is 10.3. The van der Waals surface area contributed by atoms with Crippen LogP contribution in [0.25, 0.3) is 76.8 Å². The molecular formula is C49H42N2OSi+2. The summed E-state index contributed by atoms with van der Waals surface area (Å²) < 4.78 is 12.3. The third-order valence-electron chi connectivity index (χ3n) is 12.0. The molecule has 0 N–H and O–H groups in total. The largest absolute Gasteiger partial charge is 0.455 e. The van der Waals surface area contributed by atoms with Crippen LogP contribution in [-0.4, -0.2) is 8.07 Å². The van der Waals surface area contributed by atoms with Crippen LogP contribution in [0.1, 0.15) is 37.5 Å². The lowest BCUT2D eigenvalue weighted by molar-refractivity contribution is -0.954. The number of aromatic nitrogens is 2. The highest BCUT2D eigenvalue weighted by Crippen LogP contribution is 2.51. The van der Waals surface area contributed by atoms with E-state index in [1.165, 1.54) is 76.7 Å². The Morgan fingerprint density at radius 2 is 1.25 bits per heavy atom. The average Bonchev–Trinajstić information content (AvgIpc) is 3.76. The highest BCUT2D eigenvalue weighted by molar-refractivity contribution is 6.88. The highest BCUT2D eigenvalue weighted by Gasteiger charge is 2.67. The molecule has 53 heavy (non-hydrogen) atoms. The van der Waals surface area contributed by atoms with Gasteiger partial charge in [-0.3, -0.25) is 0 Å². The zero-order chi connectivity index (χ0) is 36.0. The number of hydrogen-bond acceptors (Lipinski definition) is 1. The topological polar surface area (TPSA) is 20.9 Å². The summed E-state index contributed by atoms with van der Waals surface area (Å²) in [6.07, 6.45) is 5.82. The van der Waals surface area contributed by atoms with Gasteiger partial charge in [0.05, 0.1) is 13.6 Å². The van der Waals surface area contributed by atoms with Crippen molar-refractivity contribution >= 4 is 67.5 Å². The smallest absolute Gasteiger partial charge is 0.417 e. The minimum absolute atomic E-state index is 0.155. The monoisotopic (exact) mass is 702 g/mol. The molecule has 2 aliphatic rings. The molecular weight excluding hydrogens is 661 g/mol. The van der Waals surface area contributed by atoms with Crippen LogP contribution in [0.4, 0.5) is 0 Å². The van der Waals surface area contributed by atoms with Gasteiger partial charge in [0.1, 0.15) is 27.9 Å². The molecule has 4 heteroatoms. The second-order valence-electron chi connectivity index (χ2n) is 17.6. The Bertz CT molecular complexity index is 3070. The van der Waals surface area contributed by atoms with E-state index in [9.17, 15) is 0 Å². The first-order chi connectivity index (χ1) is 25.5. The number of fused-ring (bicyclic) bond motifs is 20. The molecule has 9 aromatic rings. The third kappa shape index (κ3) is 4.10. The Hall–Kier alpha value is -5.58. The van der Waals surface area contributed by atoms with Gasteiger partial charge >= 0.3 is 5.66 Å². The number of furan rings is 1. The van der Waals surface area contributed by atoms with Crippen LogP contribution >= 0.6 is 0 Å². The number of rotatable bonds is 2. The number of nitrogens with zero attached hydrogens (tertiary/aromatic N) is 2. The third-order valence-corrected chi connectivity index (χ3v) is 14.0. The van der Waals surface area contributed by atoms with Crippen molar-refractivity contribution in [3.63, 3.8) is 0 Å². The van der Waals surface area contributed by atoms with Crippen molar-refractivity contribution in [3.05, 3.63) is 150 Å². The normalized spacial score (nSPS) is 16.3. The molecule has 1 atom stereocenters. The molecule has 0 amide bonds. The minimum Gasteiger partial charge on any atom is -0.455 e. The van der Waals surface area contributed by atoms with Crippen LogP contribution in [0, 0.1) is 5.41 Å². The minimum atomic E-state index is -1.64. The molecule has 256 valence electrons.